The maximum Gasteiger partial charge on any atom is 0.133 e. The molecule has 0 aromatic rings. The molecule has 0 aliphatic rings. The van der Waals surface area contributed by atoms with E-state index in [-0.39, 0.29) is 24.2 Å². The van der Waals surface area contributed by atoms with Gasteiger partial charge in [-0.25, -0.2) is 0 Å². The average Bonchev–Trinajstić information content (AvgIpc) is 2.09. The third-order valence-corrected chi connectivity index (χ3v) is 2.27. The number of hydrogen-bond donors (Lipinski definition) is 1. The Morgan fingerprint density at radius 3 is 2.54 bits per heavy atom. The molecule has 0 saturated carbocycles. The van der Waals surface area contributed by atoms with Gasteiger partial charge >= 0.3 is 0 Å². The van der Waals surface area contributed by atoms with Crippen LogP contribution < -0.4 is 0 Å². The van der Waals surface area contributed by atoms with E-state index in [4.69, 9.17) is 5.11 Å². The van der Waals surface area contributed by atoms with Crippen molar-refractivity contribution in [2.45, 2.75) is 33.6 Å². The molecule has 13 heavy (non-hydrogen) atoms. The number of ketones is 1. The normalized spacial score (nSPS) is 16.0. The zero-order valence-corrected chi connectivity index (χ0v) is 8.79. The monoisotopic (exact) mass is 184 g/mol. The highest BCUT2D eigenvalue weighted by molar-refractivity contribution is 5.78. The zero-order valence-electron chi connectivity index (χ0n) is 8.79. The smallest absolute Gasteiger partial charge is 0.133 e. The third kappa shape index (κ3) is 4.83. The maximum atomic E-state index is 11.2. The molecule has 2 atom stereocenters. The van der Waals surface area contributed by atoms with Gasteiger partial charge in [0, 0.05) is 12.5 Å². The van der Waals surface area contributed by atoms with Crippen LogP contribution in [0.1, 0.15) is 33.6 Å². The molecule has 0 rings (SSSR count). The van der Waals surface area contributed by atoms with Crippen LogP contribution in [0.2, 0.25) is 0 Å². The van der Waals surface area contributed by atoms with Crippen molar-refractivity contribution in [1.82, 2.24) is 0 Å². The first-order valence-corrected chi connectivity index (χ1v) is 4.91. The molecule has 0 saturated heterocycles. The van der Waals surface area contributed by atoms with E-state index >= 15 is 0 Å². The summed E-state index contributed by atoms with van der Waals surface area (Å²) < 4.78 is 0. The van der Waals surface area contributed by atoms with Crippen LogP contribution >= 0.6 is 0 Å². The molecular weight excluding hydrogens is 164 g/mol. The van der Waals surface area contributed by atoms with Crippen molar-refractivity contribution >= 4 is 5.78 Å². The van der Waals surface area contributed by atoms with Crippen molar-refractivity contribution in [2.24, 2.45) is 11.8 Å². The molecule has 0 fully saturated rings. The summed E-state index contributed by atoms with van der Waals surface area (Å²) in [6.45, 7) is 5.77. The predicted molar refractivity (Wildman–Crippen MR) is 54.5 cm³/mol. The van der Waals surface area contributed by atoms with Crippen LogP contribution in [-0.2, 0) is 4.79 Å². The third-order valence-electron chi connectivity index (χ3n) is 2.27. The summed E-state index contributed by atoms with van der Waals surface area (Å²) in [5.41, 5.74) is 0. The molecule has 0 heterocycles. The van der Waals surface area contributed by atoms with Gasteiger partial charge in [0.05, 0.1) is 0 Å². The van der Waals surface area contributed by atoms with E-state index in [0.29, 0.717) is 6.42 Å². The van der Waals surface area contributed by atoms with Crippen LogP contribution in [0.4, 0.5) is 0 Å². The van der Waals surface area contributed by atoms with Gasteiger partial charge in [0.15, 0.2) is 0 Å². The number of allylic oxidation sites excluding steroid dienone is 2. The van der Waals surface area contributed by atoms with E-state index in [2.05, 4.69) is 19.1 Å². The van der Waals surface area contributed by atoms with Crippen molar-refractivity contribution in [3.63, 3.8) is 0 Å². The number of hydrogen-bond acceptors (Lipinski definition) is 2. The van der Waals surface area contributed by atoms with Crippen molar-refractivity contribution in [3.05, 3.63) is 12.2 Å². The fourth-order valence-corrected chi connectivity index (χ4v) is 1.46. The number of carbonyl (C=O) groups is 1. The highest BCUT2D eigenvalue weighted by atomic mass is 16.3. The molecule has 2 heteroatoms. The fourth-order valence-electron chi connectivity index (χ4n) is 1.46. The molecule has 2 unspecified atom stereocenters. The van der Waals surface area contributed by atoms with Gasteiger partial charge in [-0.3, -0.25) is 4.79 Å². The van der Waals surface area contributed by atoms with Crippen LogP contribution in [0.25, 0.3) is 0 Å². The van der Waals surface area contributed by atoms with Crippen molar-refractivity contribution < 1.29 is 9.90 Å². The Balaban J connectivity index is 4.18. The van der Waals surface area contributed by atoms with Gasteiger partial charge in [-0.1, -0.05) is 26.0 Å². The van der Waals surface area contributed by atoms with E-state index in [1.54, 1.807) is 6.92 Å². The van der Waals surface area contributed by atoms with Gasteiger partial charge in [0.2, 0.25) is 0 Å². The number of rotatable bonds is 6. The summed E-state index contributed by atoms with van der Waals surface area (Å²) >= 11 is 0. The molecule has 1 N–H and O–H groups in total. The lowest BCUT2D eigenvalue weighted by Gasteiger charge is -2.17. The van der Waals surface area contributed by atoms with Gasteiger partial charge in [-0.15, -0.1) is 0 Å². The number of aliphatic hydroxyl groups excluding tert-OH is 1. The molecule has 0 bridgehead atoms. The standard InChI is InChI=1S/C11H20O2/c1-4-5-6-9(2)11(7-8-12)10(3)13/h5-6,9,11-12H,4,7-8H2,1-3H3/b6-5+. The zero-order chi connectivity index (χ0) is 10.3. The second-order valence-corrected chi connectivity index (χ2v) is 3.42. The van der Waals surface area contributed by atoms with Crippen molar-refractivity contribution in [2.75, 3.05) is 6.61 Å². The largest absolute Gasteiger partial charge is 0.396 e. The van der Waals surface area contributed by atoms with Gasteiger partial charge in [0.1, 0.15) is 5.78 Å². The van der Waals surface area contributed by atoms with Crippen molar-refractivity contribution in [3.8, 4) is 0 Å². The number of Topliss-reactive ketones (excluding diaryl/α,β-unsaturated/α-hetero) is 1. The van der Waals surface area contributed by atoms with E-state index in [9.17, 15) is 4.79 Å². The lowest BCUT2D eigenvalue weighted by Crippen LogP contribution is -2.19. The molecule has 0 aromatic carbocycles. The minimum absolute atomic E-state index is 0.0206. The van der Waals surface area contributed by atoms with E-state index < -0.39 is 0 Å². The second kappa shape index (κ2) is 6.84. The molecule has 2 nitrogen and oxygen atoms in total. The lowest BCUT2D eigenvalue weighted by atomic mass is 9.87. The van der Waals surface area contributed by atoms with E-state index in [1.807, 2.05) is 6.92 Å². The van der Waals surface area contributed by atoms with Gasteiger partial charge in [0.25, 0.3) is 0 Å². The first-order valence-electron chi connectivity index (χ1n) is 4.91. The first-order chi connectivity index (χ1) is 6.13. The van der Waals surface area contributed by atoms with Gasteiger partial charge < -0.3 is 5.11 Å². The Morgan fingerprint density at radius 2 is 2.15 bits per heavy atom. The summed E-state index contributed by atoms with van der Waals surface area (Å²) in [7, 11) is 0. The Kier molecular flexibility index (Phi) is 6.51. The summed E-state index contributed by atoms with van der Waals surface area (Å²) in [6.07, 6.45) is 5.69. The van der Waals surface area contributed by atoms with Gasteiger partial charge in [-0.2, -0.15) is 0 Å². The van der Waals surface area contributed by atoms with Crippen LogP contribution in [-0.4, -0.2) is 17.5 Å². The summed E-state index contributed by atoms with van der Waals surface area (Å²) in [5.74, 6) is 0.389. The van der Waals surface area contributed by atoms with E-state index in [0.717, 1.165) is 6.42 Å². The Labute approximate surface area is 80.7 Å². The predicted octanol–water partition coefficient (Wildman–Crippen LogP) is 2.18. The minimum Gasteiger partial charge on any atom is -0.396 e. The summed E-state index contributed by atoms with van der Waals surface area (Å²) in [4.78, 5) is 11.2. The minimum atomic E-state index is -0.0206. The Bertz CT molecular complexity index is 173. The Morgan fingerprint density at radius 1 is 1.54 bits per heavy atom. The van der Waals surface area contributed by atoms with Crippen LogP contribution in [0.15, 0.2) is 12.2 Å². The molecule has 76 valence electrons. The SMILES string of the molecule is CC/C=C/C(C)C(CCO)C(C)=O. The molecule has 0 aromatic heterocycles. The maximum absolute atomic E-state index is 11.2. The summed E-state index contributed by atoms with van der Waals surface area (Å²) in [6, 6.07) is 0. The number of aliphatic hydroxyl groups is 1. The topological polar surface area (TPSA) is 37.3 Å². The highest BCUT2D eigenvalue weighted by Gasteiger charge is 2.18. The quantitative estimate of drug-likeness (QED) is 0.642. The molecule has 0 aliphatic heterocycles. The van der Waals surface area contributed by atoms with Gasteiger partial charge in [-0.05, 0) is 25.7 Å². The molecule has 0 aliphatic carbocycles. The fraction of sp³-hybridized carbons (Fsp3) is 0.727. The van der Waals surface area contributed by atoms with E-state index in [1.165, 1.54) is 0 Å². The van der Waals surface area contributed by atoms with Crippen LogP contribution in [0.3, 0.4) is 0 Å². The first kappa shape index (κ1) is 12.4. The summed E-state index contributed by atoms with van der Waals surface area (Å²) in [5, 5.41) is 8.78. The second-order valence-electron chi connectivity index (χ2n) is 3.42. The Hall–Kier alpha value is -0.630. The molecule has 0 amide bonds. The molecular formula is C11H20O2. The molecule has 0 radical (unpaired) electrons. The lowest BCUT2D eigenvalue weighted by molar-refractivity contribution is -0.122. The van der Waals surface area contributed by atoms with Crippen LogP contribution in [0.5, 0.6) is 0 Å². The van der Waals surface area contributed by atoms with Crippen molar-refractivity contribution in [1.29, 1.82) is 0 Å². The van der Waals surface area contributed by atoms with Crippen LogP contribution in [0, 0.1) is 11.8 Å². The average molecular weight is 184 g/mol. The molecule has 0 spiro atoms. The highest BCUT2D eigenvalue weighted by Crippen LogP contribution is 2.18. The number of carbonyl (C=O) groups excluding carboxylic acids is 1.